The molecule has 0 spiro atoms. The predicted molar refractivity (Wildman–Crippen MR) is 31.6 cm³/mol. The number of hydrogen-bond donors (Lipinski definition) is 2. The van der Waals surface area contributed by atoms with Crippen molar-refractivity contribution in [3.05, 3.63) is 0 Å². The number of nitrogens with zero attached hydrogens (tertiary/aromatic N) is 2. The Morgan fingerprint density at radius 3 is 2.38 bits per heavy atom. The molecule has 8 heavy (non-hydrogen) atoms. The Labute approximate surface area is 71.7 Å². The number of aromatic nitrogens is 2. The van der Waals surface area contributed by atoms with Crippen molar-refractivity contribution in [3.63, 3.8) is 0 Å². The van der Waals surface area contributed by atoms with Crippen LogP contribution in [0.5, 0.6) is 0 Å². The molecule has 0 unspecified atom stereocenters. The zero-order valence-electron chi connectivity index (χ0n) is 3.63. The number of hydrogen-bond acceptors (Lipinski definition) is 5. The summed E-state index contributed by atoms with van der Waals surface area (Å²) in [6.45, 7) is 0. The number of thiol groups is 1. The van der Waals surface area contributed by atoms with Crippen LogP contribution in [0.2, 0.25) is 0 Å². The van der Waals surface area contributed by atoms with E-state index in [1.165, 1.54) is 0 Å². The van der Waals surface area contributed by atoms with Gasteiger partial charge in [0, 0.05) is 33.9 Å². The summed E-state index contributed by atoms with van der Waals surface area (Å²) < 4.78 is 3.51. The quantitative estimate of drug-likeness (QED) is 0.510. The van der Waals surface area contributed by atoms with Gasteiger partial charge < -0.3 is 5.73 Å². The monoisotopic (exact) mass is 240 g/mol. The predicted octanol–water partition coefficient (Wildman–Crippen LogP) is 0.407. The van der Waals surface area contributed by atoms with Crippen molar-refractivity contribution in [2.45, 2.75) is 5.03 Å². The smallest absolute Gasteiger partial charge is 0.152 e. The molecule has 1 radical (unpaired) electrons. The molecule has 0 atom stereocenters. The minimum Gasteiger partial charge on any atom is -0.387 e. The molecule has 49 valence electrons. The van der Waals surface area contributed by atoms with Crippen molar-refractivity contribution in [1.29, 1.82) is 0 Å². The summed E-state index contributed by atoms with van der Waals surface area (Å²) in [6, 6.07) is 0. The van der Waals surface area contributed by atoms with Gasteiger partial charge >= 0.3 is 0 Å². The second-order valence-electron chi connectivity index (χ2n) is 0.961. The zero-order valence-corrected chi connectivity index (χ0v) is 6.82. The van der Waals surface area contributed by atoms with Crippen LogP contribution in [0, 0.1) is 0 Å². The molecule has 0 amide bonds. The van der Waals surface area contributed by atoms with E-state index in [0.717, 1.165) is 11.5 Å². The molecule has 0 saturated heterocycles. The molecule has 2 N–H and O–H groups in total. The number of anilines is 1. The summed E-state index contributed by atoms with van der Waals surface area (Å²) in [7, 11) is 0. The van der Waals surface area contributed by atoms with Crippen LogP contribution in [-0.2, 0) is 22.4 Å². The van der Waals surface area contributed by atoms with Gasteiger partial charge in [-0.2, -0.15) is 0 Å². The third kappa shape index (κ3) is 1.75. The van der Waals surface area contributed by atoms with Crippen molar-refractivity contribution in [3.8, 4) is 0 Å². The number of rotatable bonds is 0. The molecule has 0 fully saturated rings. The van der Waals surface area contributed by atoms with Crippen molar-refractivity contribution in [2.75, 3.05) is 5.73 Å². The maximum atomic E-state index is 5.26. The van der Waals surface area contributed by atoms with Crippen LogP contribution in [-0.4, -0.2) is 9.59 Å². The van der Waals surface area contributed by atoms with E-state index in [0.29, 0.717) is 10.0 Å². The Morgan fingerprint density at radius 1 is 1.62 bits per heavy atom. The van der Waals surface area contributed by atoms with Gasteiger partial charge in [0.2, 0.25) is 0 Å². The molecule has 1 aromatic heterocycles. The van der Waals surface area contributed by atoms with E-state index in [4.69, 9.17) is 5.73 Å². The molecule has 0 aromatic carbocycles. The first-order chi connectivity index (χ1) is 3.30. The van der Waals surface area contributed by atoms with Crippen molar-refractivity contribution >= 4 is 29.2 Å². The van der Waals surface area contributed by atoms with Gasteiger partial charge in [0.25, 0.3) is 0 Å². The van der Waals surface area contributed by atoms with Crippen LogP contribution in [0.25, 0.3) is 0 Å². The molecular weight excluding hydrogens is 238 g/mol. The van der Waals surface area contributed by atoms with Gasteiger partial charge in [0.15, 0.2) is 5.03 Å². The molecule has 1 heterocycles. The number of nitrogen functional groups attached to an aromatic ring is 1. The average molecular weight is 241 g/mol. The average Bonchev–Trinajstić information content (AvgIpc) is 1.91. The first kappa shape index (κ1) is 8.45. The molecule has 1 aromatic rings. The normalized spacial score (nSPS) is 8.12. The van der Waals surface area contributed by atoms with Gasteiger partial charge in [-0.05, 0) is 0 Å². The van der Waals surface area contributed by atoms with Crippen LogP contribution >= 0.6 is 24.2 Å². The second kappa shape index (κ2) is 3.47. The second-order valence-corrected chi connectivity index (χ2v) is 2.17. The van der Waals surface area contributed by atoms with E-state index in [1.807, 2.05) is 0 Å². The van der Waals surface area contributed by atoms with Crippen LogP contribution in [0.4, 0.5) is 5.00 Å². The summed E-state index contributed by atoms with van der Waals surface area (Å²) in [5.74, 6) is 0. The Balaban J connectivity index is 0.000000490. The fraction of sp³-hybridized carbons (Fsp3) is 0. The third-order valence-corrected chi connectivity index (χ3v) is 1.53. The Hall–Kier alpha value is 0.450. The van der Waals surface area contributed by atoms with Gasteiger partial charge in [-0.3, -0.25) is 0 Å². The minimum absolute atomic E-state index is 0. The minimum atomic E-state index is 0. The molecule has 3 nitrogen and oxygen atoms in total. The standard InChI is InChI=1S/C2H3N3S2.Ag/c3-1-2(6)4-5-7-1;/h6H,3H2;. The van der Waals surface area contributed by atoms with E-state index in [2.05, 4.69) is 22.2 Å². The Kier molecular flexibility index (Phi) is 3.67. The molecule has 6 heteroatoms. The van der Waals surface area contributed by atoms with Gasteiger partial charge in [-0.1, -0.05) is 4.49 Å². The zero-order chi connectivity index (χ0) is 5.28. The van der Waals surface area contributed by atoms with Gasteiger partial charge in [-0.25, -0.2) is 0 Å². The largest absolute Gasteiger partial charge is 0.387 e. The molecule has 0 aliphatic carbocycles. The van der Waals surface area contributed by atoms with Gasteiger partial charge in [0.05, 0.1) is 0 Å². The fourth-order valence-electron chi connectivity index (χ4n) is 0.193. The van der Waals surface area contributed by atoms with E-state index in [-0.39, 0.29) is 22.4 Å². The molecular formula is C2H3AgN3S2. The van der Waals surface area contributed by atoms with E-state index in [9.17, 15) is 0 Å². The Bertz CT molecular complexity index is 148. The Morgan fingerprint density at radius 2 is 2.25 bits per heavy atom. The number of nitrogens with two attached hydrogens (primary N) is 1. The summed E-state index contributed by atoms with van der Waals surface area (Å²) in [4.78, 5) is 0. The van der Waals surface area contributed by atoms with Gasteiger partial charge in [-0.15, -0.1) is 17.7 Å². The van der Waals surface area contributed by atoms with Crippen LogP contribution in [0.15, 0.2) is 5.03 Å². The third-order valence-electron chi connectivity index (χ3n) is 0.495. The summed E-state index contributed by atoms with van der Waals surface area (Å²) >= 11 is 5.01. The molecule has 1 rings (SSSR count). The maximum Gasteiger partial charge on any atom is 0.152 e. The summed E-state index contributed by atoms with van der Waals surface area (Å²) in [5.41, 5.74) is 5.26. The molecule has 0 aliphatic rings. The van der Waals surface area contributed by atoms with Crippen LogP contribution in [0.1, 0.15) is 0 Å². The van der Waals surface area contributed by atoms with E-state index >= 15 is 0 Å². The first-order valence-electron chi connectivity index (χ1n) is 1.57. The van der Waals surface area contributed by atoms with E-state index in [1.54, 1.807) is 0 Å². The van der Waals surface area contributed by atoms with Gasteiger partial charge in [0.1, 0.15) is 5.00 Å². The first-order valence-corrected chi connectivity index (χ1v) is 2.79. The van der Waals surface area contributed by atoms with Crippen molar-refractivity contribution in [1.82, 2.24) is 9.59 Å². The molecule has 0 aliphatic heterocycles. The van der Waals surface area contributed by atoms with Crippen LogP contribution < -0.4 is 5.73 Å². The summed E-state index contributed by atoms with van der Waals surface area (Å²) in [6.07, 6.45) is 0. The molecule has 0 saturated carbocycles. The SMILES string of the molecule is Nc1snnc1S.[Ag]. The van der Waals surface area contributed by atoms with E-state index < -0.39 is 0 Å². The fourth-order valence-corrected chi connectivity index (χ4v) is 0.754. The summed E-state index contributed by atoms with van der Waals surface area (Å²) in [5, 5.41) is 4.61. The topological polar surface area (TPSA) is 51.8 Å². The maximum absolute atomic E-state index is 5.26. The van der Waals surface area contributed by atoms with Crippen LogP contribution in [0.3, 0.4) is 0 Å². The van der Waals surface area contributed by atoms with Crippen molar-refractivity contribution in [2.24, 2.45) is 0 Å². The molecule has 0 bridgehead atoms. The van der Waals surface area contributed by atoms with Crippen molar-refractivity contribution < 1.29 is 22.4 Å².